The topological polar surface area (TPSA) is 71.7 Å². The molecule has 0 unspecified atom stereocenters. The van der Waals surface area contributed by atoms with E-state index in [-0.39, 0.29) is 0 Å². The Kier molecular flexibility index (Phi) is 5.42. The van der Waals surface area contributed by atoms with Crippen LogP contribution in [0.15, 0.2) is 4.99 Å². The standard InChI is InChI=1S/C10H22N4O/c1-8(2)7-12-10(14-11)13-9-3-5-15-6-4-9/h8-9H,3-7,11H2,1-2H3,(H2,12,13,14). The molecule has 1 heterocycles. The van der Waals surface area contributed by atoms with E-state index in [1.165, 1.54) is 0 Å². The Labute approximate surface area is 91.4 Å². The van der Waals surface area contributed by atoms with Crippen LogP contribution < -0.4 is 16.6 Å². The van der Waals surface area contributed by atoms with Gasteiger partial charge in [-0.05, 0) is 18.8 Å². The number of hydrogen-bond acceptors (Lipinski definition) is 3. The number of ether oxygens (including phenoxy) is 1. The van der Waals surface area contributed by atoms with Crippen molar-refractivity contribution in [1.82, 2.24) is 10.7 Å². The molecule has 0 spiro atoms. The van der Waals surface area contributed by atoms with Gasteiger partial charge in [0.2, 0.25) is 5.96 Å². The van der Waals surface area contributed by atoms with Crippen molar-refractivity contribution in [1.29, 1.82) is 0 Å². The first kappa shape index (κ1) is 12.3. The van der Waals surface area contributed by atoms with E-state index in [1.807, 2.05) is 0 Å². The maximum Gasteiger partial charge on any atom is 0.205 e. The van der Waals surface area contributed by atoms with E-state index < -0.39 is 0 Å². The Balaban J connectivity index is 2.34. The monoisotopic (exact) mass is 214 g/mol. The molecule has 0 bridgehead atoms. The molecular weight excluding hydrogens is 192 g/mol. The van der Waals surface area contributed by atoms with E-state index in [0.29, 0.717) is 17.9 Å². The van der Waals surface area contributed by atoms with Crippen molar-refractivity contribution in [2.75, 3.05) is 19.8 Å². The highest BCUT2D eigenvalue weighted by molar-refractivity contribution is 5.79. The van der Waals surface area contributed by atoms with Gasteiger partial charge in [-0.15, -0.1) is 0 Å². The molecule has 1 saturated heterocycles. The fraction of sp³-hybridized carbons (Fsp3) is 0.900. The van der Waals surface area contributed by atoms with E-state index in [4.69, 9.17) is 10.6 Å². The Morgan fingerprint density at radius 2 is 2.13 bits per heavy atom. The highest BCUT2D eigenvalue weighted by atomic mass is 16.5. The number of hydrogen-bond donors (Lipinski definition) is 3. The van der Waals surface area contributed by atoms with Crippen LogP contribution in [0.4, 0.5) is 0 Å². The van der Waals surface area contributed by atoms with Crippen molar-refractivity contribution in [2.24, 2.45) is 16.8 Å². The van der Waals surface area contributed by atoms with Gasteiger partial charge in [0.15, 0.2) is 0 Å². The molecule has 5 heteroatoms. The lowest BCUT2D eigenvalue weighted by Gasteiger charge is -2.24. The average molecular weight is 214 g/mol. The summed E-state index contributed by atoms with van der Waals surface area (Å²) in [4.78, 5) is 4.36. The van der Waals surface area contributed by atoms with Gasteiger partial charge in [-0.2, -0.15) is 0 Å². The summed E-state index contributed by atoms with van der Waals surface area (Å²) in [6, 6.07) is 0.431. The number of nitrogens with one attached hydrogen (secondary N) is 2. The number of rotatable bonds is 3. The number of aliphatic imine (C=N–C) groups is 1. The summed E-state index contributed by atoms with van der Waals surface area (Å²) in [6.45, 7) is 6.69. The lowest BCUT2D eigenvalue weighted by atomic mass is 10.1. The number of hydrazine groups is 1. The Morgan fingerprint density at radius 3 is 2.67 bits per heavy atom. The van der Waals surface area contributed by atoms with Crippen molar-refractivity contribution >= 4 is 5.96 Å². The summed E-state index contributed by atoms with van der Waals surface area (Å²) in [5.41, 5.74) is 2.60. The molecule has 1 aliphatic heterocycles. The second-order valence-electron chi connectivity index (χ2n) is 4.26. The largest absolute Gasteiger partial charge is 0.381 e. The van der Waals surface area contributed by atoms with E-state index in [2.05, 4.69) is 29.6 Å². The van der Waals surface area contributed by atoms with E-state index in [1.54, 1.807) is 0 Å². The van der Waals surface area contributed by atoms with Gasteiger partial charge >= 0.3 is 0 Å². The van der Waals surface area contributed by atoms with Crippen LogP contribution in [-0.4, -0.2) is 31.8 Å². The second kappa shape index (κ2) is 6.63. The highest BCUT2D eigenvalue weighted by Crippen LogP contribution is 2.05. The lowest BCUT2D eigenvalue weighted by Crippen LogP contribution is -2.48. The molecule has 1 fully saturated rings. The van der Waals surface area contributed by atoms with Crippen LogP contribution in [0, 0.1) is 5.92 Å². The van der Waals surface area contributed by atoms with Crippen molar-refractivity contribution in [3.05, 3.63) is 0 Å². The van der Waals surface area contributed by atoms with Crippen LogP contribution in [0.2, 0.25) is 0 Å². The molecule has 1 rings (SSSR count). The first-order valence-electron chi connectivity index (χ1n) is 5.57. The summed E-state index contributed by atoms with van der Waals surface area (Å²) in [5, 5.41) is 3.29. The van der Waals surface area contributed by atoms with Crippen LogP contribution in [0.5, 0.6) is 0 Å². The molecule has 5 nitrogen and oxygen atoms in total. The van der Waals surface area contributed by atoms with E-state index >= 15 is 0 Å². The van der Waals surface area contributed by atoms with Gasteiger partial charge in [0.25, 0.3) is 0 Å². The Bertz CT molecular complexity index is 200. The highest BCUT2D eigenvalue weighted by Gasteiger charge is 2.14. The SMILES string of the molecule is CC(C)CN=C(NN)NC1CCOCC1. The normalized spacial score (nSPS) is 19.3. The molecular formula is C10H22N4O. The molecule has 15 heavy (non-hydrogen) atoms. The Hall–Kier alpha value is -0.810. The third kappa shape index (κ3) is 4.99. The number of guanidine groups is 1. The minimum Gasteiger partial charge on any atom is -0.381 e. The van der Waals surface area contributed by atoms with Gasteiger partial charge in [0.05, 0.1) is 0 Å². The second-order valence-corrected chi connectivity index (χ2v) is 4.26. The predicted molar refractivity (Wildman–Crippen MR) is 61.4 cm³/mol. The summed E-state index contributed by atoms with van der Waals surface area (Å²) in [7, 11) is 0. The van der Waals surface area contributed by atoms with Crippen molar-refractivity contribution in [3.8, 4) is 0 Å². The first-order chi connectivity index (χ1) is 7.22. The van der Waals surface area contributed by atoms with Gasteiger partial charge < -0.3 is 10.1 Å². The van der Waals surface area contributed by atoms with Crippen LogP contribution in [0.1, 0.15) is 26.7 Å². The van der Waals surface area contributed by atoms with E-state index in [9.17, 15) is 0 Å². The molecule has 0 saturated carbocycles. The summed E-state index contributed by atoms with van der Waals surface area (Å²) in [6.07, 6.45) is 2.03. The Morgan fingerprint density at radius 1 is 1.47 bits per heavy atom. The first-order valence-corrected chi connectivity index (χ1v) is 5.57. The van der Waals surface area contributed by atoms with Crippen molar-refractivity contribution < 1.29 is 4.74 Å². The van der Waals surface area contributed by atoms with Gasteiger partial charge in [0, 0.05) is 25.8 Å². The summed E-state index contributed by atoms with van der Waals surface area (Å²) in [5.74, 6) is 6.64. The van der Waals surface area contributed by atoms with Crippen molar-refractivity contribution in [3.63, 3.8) is 0 Å². The third-order valence-corrected chi connectivity index (χ3v) is 2.31. The lowest BCUT2D eigenvalue weighted by molar-refractivity contribution is 0.0822. The molecule has 88 valence electrons. The smallest absolute Gasteiger partial charge is 0.205 e. The van der Waals surface area contributed by atoms with Crippen LogP contribution in [0.3, 0.4) is 0 Å². The average Bonchev–Trinajstić information content (AvgIpc) is 2.25. The summed E-state index contributed by atoms with van der Waals surface area (Å²) >= 11 is 0. The van der Waals surface area contributed by atoms with Crippen LogP contribution in [-0.2, 0) is 4.74 Å². The van der Waals surface area contributed by atoms with Crippen LogP contribution in [0.25, 0.3) is 0 Å². The van der Waals surface area contributed by atoms with Crippen molar-refractivity contribution in [2.45, 2.75) is 32.7 Å². The third-order valence-electron chi connectivity index (χ3n) is 2.31. The fourth-order valence-electron chi connectivity index (χ4n) is 1.44. The molecule has 0 atom stereocenters. The molecule has 4 N–H and O–H groups in total. The van der Waals surface area contributed by atoms with E-state index in [0.717, 1.165) is 32.6 Å². The van der Waals surface area contributed by atoms with Gasteiger partial charge in [0.1, 0.15) is 0 Å². The maximum atomic E-state index is 5.40. The zero-order valence-electron chi connectivity index (χ0n) is 9.62. The quantitative estimate of drug-likeness (QED) is 0.272. The number of nitrogens with zero attached hydrogens (tertiary/aromatic N) is 1. The molecule has 0 aromatic heterocycles. The molecule has 1 aliphatic rings. The zero-order valence-corrected chi connectivity index (χ0v) is 9.62. The minimum atomic E-state index is 0.431. The molecule has 0 radical (unpaired) electrons. The summed E-state index contributed by atoms with van der Waals surface area (Å²) < 4.78 is 5.28. The fourth-order valence-corrected chi connectivity index (χ4v) is 1.44. The zero-order chi connectivity index (χ0) is 11.1. The number of nitrogens with two attached hydrogens (primary N) is 1. The maximum absolute atomic E-state index is 5.40. The molecule has 0 aromatic carbocycles. The van der Waals surface area contributed by atoms with Crippen LogP contribution >= 0.6 is 0 Å². The molecule has 0 amide bonds. The van der Waals surface area contributed by atoms with Gasteiger partial charge in [-0.25, -0.2) is 5.84 Å². The molecule has 0 aromatic rings. The minimum absolute atomic E-state index is 0.431. The van der Waals surface area contributed by atoms with Gasteiger partial charge in [-0.3, -0.25) is 10.4 Å². The van der Waals surface area contributed by atoms with Gasteiger partial charge in [-0.1, -0.05) is 13.8 Å². The predicted octanol–water partition coefficient (Wildman–Crippen LogP) is 0.230. The molecule has 0 aliphatic carbocycles.